The van der Waals surface area contributed by atoms with Crippen molar-refractivity contribution >= 4 is 0 Å². The molecule has 0 N–H and O–H groups in total. The van der Waals surface area contributed by atoms with Gasteiger partial charge in [-0.1, -0.05) is 30.3 Å². The van der Waals surface area contributed by atoms with E-state index in [2.05, 4.69) is 9.88 Å². The van der Waals surface area contributed by atoms with Crippen LogP contribution < -0.4 is 5.56 Å². The highest BCUT2D eigenvalue weighted by atomic mass is 16.5. The largest absolute Gasteiger partial charge is 0.379 e. The quantitative estimate of drug-likeness (QED) is 0.766. The van der Waals surface area contributed by atoms with Crippen LogP contribution in [0.5, 0.6) is 0 Å². The highest BCUT2D eigenvalue weighted by Crippen LogP contribution is 2.11. The zero-order valence-electron chi connectivity index (χ0n) is 13.4. The van der Waals surface area contributed by atoms with Crippen molar-refractivity contribution in [3.05, 3.63) is 53.1 Å². The van der Waals surface area contributed by atoms with Gasteiger partial charge in [-0.25, -0.2) is 4.98 Å². The van der Waals surface area contributed by atoms with Gasteiger partial charge in [0.1, 0.15) is 5.69 Å². The Kier molecular flexibility index (Phi) is 5.56. The molecule has 1 aliphatic rings. The van der Waals surface area contributed by atoms with Gasteiger partial charge in [-0.15, -0.1) is 0 Å². The summed E-state index contributed by atoms with van der Waals surface area (Å²) < 4.78 is 7.12. The number of aryl methyl sites for hydroxylation is 1. The van der Waals surface area contributed by atoms with Crippen molar-refractivity contribution in [1.82, 2.24) is 14.5 Å². The predicted octanol–water partition coefficient (Wildman–Crippen LogP) is 2.02. The Morgan fingerprint density at radius 3 is 2.57 bits per heavy atom. The fourth-order valence-corrected chi connectivity index (χ4v) is 2.86. The van der Waals surface area contributed by atoms with E-state index in [4.69, 9.17) is 4.74 Å². The van der Waals surface area contributed by atoms with E-state index in [1.165, 1.54) is 0 Å². The summed E-state index contributed by atoms with van der Waals surface area (Å²) in [6.45, 7) is 5.54. The fourth-order valence-electron chi connectivity index (χ4n) is 2.86. The van der Waals surface area contributed by atoms with Crippen molar-refractivity contribution in [2.45, 2.75) is 19.4 Å². The molecule has 0 spiro atoms. The molecule has 1 saturated heterocycles. The molecule has 3 rings (SSSR count). The van der Waals surface area contributed by atoms with Crippen LogP contribution in [0, 0.1) is 0 Å². The number of aromatic nitrogens is 2. The molecule has 122 valence electrons. The Balaban J connectivity index is 1.57. The van der Waals surface area contributed by atoms with Crippen molar-refractivity contribution in [2.75, 3.05) is 32.8 Å². The zero-order valence-corrected chi connectivity index (χ0v) is 13.4. The van der Waals surface area contributed by atoms with Crippen LogP contribution in [-0.4, -0.2) is 47.3 Å². The highest BCUT2D eigenvalue weighted by Gasteiger charge is 2.10. The smallest absolute Gasteiger partial charge is 0.277 e. The molecule has 0 amide bonds. The van der Waals surface area contributed by atoms with Crippen LogP contribution in [0.15, 0.2) is 47.5 Å². The van der Waals surface area contributed by atoms with E-state index in [0.717, 1.165) is 57.8 Å². The first kappa shape index (κ1) is 15.9. The van der Waals surface area contributed by atoms with Crippen molar-refractivity contribution in [1.29, 1.82) is 0 Å². The minimum atomic E-state index is -0.00919. The summed E-state index contributed by atoms with van der Waals surface area (Å²) >= 11 is 0. The van der Waals surface area contributed by atoms with Gasteiger partial charge in [-0.3, -0.25) is 9.69 Å². The average molecular weight is 313 g/mol. The Hall–Kier alpha value is -1.98. The predicted molar refractivity (Wildman–Crippen MR) is 90.4 cm³/mol. The molecule has 0 unspecified atom stereocenters. The second-order valence-corrected chi connectivity index (χ2v) is 5.80. The van der Waals surface area contributed by atoms with Crippen LogP contribution in [0.2, 0.25) is 0 Å². The number of ether oxygens (including phenoxy) is 1. The van der Waals surface area contributed by atoms with Crippen molar-refractivity contribution in [2.24, 2.45) is 0 Å². The summed E-state index contributed by atoms with van der Waals surface area (Å²) in [4.78, 5) is 19.2. The molecular weight excluding hydrogens is 290 g/mol. The van der Waals surface area contributed by atoms with E-state index in [1.54, 1.807) is 17.0 Å². The van der Waals surface area contributed by atoms with Crippen LogP contribution in [0.1, 0.15) is 12.8 Å². The summed E-state index contributed by atoms with van der Waals surface area (Å²) in [5, 5.41) is 0. The molecule has 1 fully saturated rings. The van der Waals surface area contributed by atoms with Crippen molar-refractivity contribution < 1.29 is 4.74 Å². The molecule has 5 nitrogen and oxygen atoms in total. The lowest BCUT2D eigenvalue weighted by molar-refractivity contribution is 0.0370. The summed E-state index contributed by atoms with van der Waals surface area (Å²) in [6, 6.07) is 9.64. The third kappa shape index (κ3) is 4.27. The van der Waals surface area contributed by atoms with E-state index in [1.807, 2.05) is 30.3 Å². The summed E-state index contributed by atoms with van der Waals surface area (Å²) in [5.74, 6) is 0. The van der Waals surface area contributed by atoms with E-state index in [0.29, 0.717) is 5.69 Å². The Bertz CT molecular complexity index is 663. The normalized spacial score (nSPS) is 15.7. The number of rotatable bonds is 6. The Morgan fingerprint density at radius 2 is 1.78 bits per heavy atom. The monoisotopic (exact) mass is 313 g/mol. The first-order valence-corrected chi connectivity index (χ1v) is 8.25. The standard InChI is InChI=1S/C18H23N3O2/c22-18-17(16-6-2-1-3-7-16)19-8-11-21(18)10-5-4-9-20-12-14-23-15-13-20/h1-3,6-8,11H,4-5,9-10,12-15H2. The van der Waals surface area contributed by atoms with E-state index in [9.17, 15) is 4.79 Å². The first-order chi connectivity index (χ1) is 11.3. The summed E-state index contributed by atoms with van der Waals surface area (Å²) in [5.41, 5.74) is 1.39. The molecular formula is C18H23N3O2. The maximum Gasteiger partial charge on any atom is 0.277 e. The summed E-state index contributed by atoms with van der Waals surface area (Å²) in [6.07, 6.45) is 5.58. The summed E-state index contributed by atoms with van der Waals surface area (Å²) in [7, 11) is 0. The van der Waals surface area contributed by atoms with E-state index >= 15 is 0 Å². The molecule has 0 aliphatic carbocycles. The third-order valence-corrected chi connectivity index (χ3v) is 4.19. The van der Waals surface area contributed by atoms with Gasteiger partial charge in [0.15, 0.2) is 0 Å². The molecule has 5 heteroatoms. The molecule has 0 saturated carbocycles. The van der Waals surface area contributed by atoms with Gasteiger partial charge >= 0.3 is 0 Å². The molecule has 0 radical (unpaired) electrons. The van der Waals surface area contributed by atoms with E-state index < -0.39 is 0 Å². The van der Waals surface area contributed by atoms with Crippen LogP contribution in [-0.2, 0) is 11.3 Å². The molecule has 1 aromatic carbocycles. The SMILES string of the molecule is O=c1c(-c2ccccc2)nccn1CCCCN1CCOCC1. The van der Waals surface area contributed by atoms with Gasteiger partial charge in [0.05, 0.1) is 13.2 Å². The topological polar surface area (TPSA) is 47.4 Å². The number of benzene rings is 1. The van der Waals surface area contributed by atoms with Crippen LogP contribution in [0.25, 0.3) is 11.3 Å². The van der Waals surface area contributed by atoms with Gasteiger partial charge in [-0.05, 0) is 19.4 Å². The fraction of sp³-hybridized carbons (Fsp3) is 0.444. The zero-order chi connectivity index (χ0) is 15.9. The molecule has 0 bridgehead atoms. The highest BCUT2D eigenvalue weighted by molar-refractivity contribution is 5.57. The van der Waals surface area contributed by atoms with E-state index in [-0.39, 0.29) is 5.56 Å². The van der Waals surface area contributed by atoms with Gasteiger partial charge in [0.25, 0.3) is 5.56 Å². The first-order valence-electron chi connectivity index (χ1n) is 8.25. The molecule has 23 heavy (non-hydrogen) atoms. The van der Waals surface area contributed by atoms with Crippen LogP contribution in [0.3, 0.4) is 0 Å². The third-order valence-electron chi connectivity index (χ3n) is 4.19. The average Bonchev–Trinajstić information content (AvgIpc) is 2.61. The van der Waals surface area contributed by atoms with Crippen LogP contribution in [0.4, 0.5) is 0 Å². The van der Waals surface area contributed by atoms with Gasteiger partial charge < -0.3 is 9.30 Å². The lowest BCUT2D eigenvalue weighted by Crippen LogP contribution is -2.36. The minimum absolute atomic E-state index is 0.00919. The maximum absolute atomic E-state index is 12.5. The van der Waals surface area contributed by atoms with Crippen molar-refractivity contribution in [3.63, 3.8) is 0 Å². The van der Waals surface area contributed by atoms with Gasteiger partial charge in [0.2, 0.25) is 0 Å². The molecule has 0 atom stereocenters. The number of unbranched alkanes of at least 4 members (excludes halogenated alkanes) is 1. The number of hydrogen-bond acceptors (Lipinski definition) is 4. The maximum atomic E-state index is 12.5. The number of nitrogens with zero attached hydrogens (tertiary/aromatic N) is 3. The Labute approximate surface area is 136 Å². The van der Waals surface area contributed by atoms with Gasteiger partial charge in [0, 0.05) is 37.6 Å². The molecule has 1 aliphatic heterocycles. The Morgan fingerprint density at radius 1 is 1.04 bits per heavy atom. The molecule has 2 heterocycles. The molecule has 1 aromatic heterocycles. The molecule has 2 aromatic rings. The van der Waals surface area contributed by atoms with Gasteiger partial charge in [-0.2, -0.15) is 0 Å². The number of hydrogen-bond donors (Lipinski definition) is 0. The number of morpholine rings is 1. The lowest BCUT2D eigenvalue weighted by atomic mass is 10.1. The second kappa shape index (κ2) is 8.04. The second-order valence-electron chi connectivity index (χ2n) is 5.80. The lowest BCUT2D eigenvalue weighted by Gasteiger charge is -2.26. The minimum Gasteiger partial charge on any atom is -0.379 e. The van der Waals surface area contributed by atoms with Crippen LogP contribution >= 0.6 is 0 Å². The van der Waals surface area contributed by atoms with Crippen molar-refractivity contribution in [3.8, 4) is 11.3 Å².